The van der Waals surface area contributed by atoms with Crippen LogP contribution in [0.1, 0.15) is 73.0 Å². The van der Waals surface area contributed by atoms with Crippen LogP contribution in [0.5, 0.6) is 0 Å². The van der Waals surface area contributed by atoms with Gasteiger partial charge in [0.2, 0.25) is 0 Å². The number of aromatic nitrogens is 2. The molecule has 13 nitrogen and oxygen atoms in total. The van der Waals surface area contributed by atoms with Gasteiger partial charge in [-0.05, 0) is 128 Å². The molecule has 6 N–H and O–H groups in total. The van der Waals surface area contributed by atoms with Crippen molar-refractivity contribution < 1.29 is 45.6 Å². The van der Waals surface area contributed by atoms with Crippen molar-refractivity contribution in [3.63, 3.8) is 0 Å². The summed E-state index contributed by atoms with van der Waals surface area (Å²) in [5.41, 5.74) is 8.37. The van der Waals surface area contributed by atoms with Crippen molar-refractivity contribution in [2.24, 2.45) is 0 Å². The van der Waals surface area contributed by atoms with Gasteiger partial charge in [0.1, 0.15) is 47.7 Å². The number of carbonyl (C=O) groups excluding carboxylic acids is 4. The van der Waals surface area contributed by atoms with Gasteiger partial charge in [-0.3, -0.25) is 24.2 Å². The second kappa shape index (κ2) is 25.7. The van der Waals surface area contributed by atoms with Crippen LogP contribution in [0.15, 0.2) is 161 Å². The quantitative estimate of drug-likeness (QED) is 0.0433. The molecule has 82 heavy (non-hydrogen) atoms. The fourth-order valence-corrected chi connectivity index (χ4v) is 9.21. The Morgan fingerprint density at radius 2 is 1.24 bits per heavy atom. The summed E-state index contributed by atoms with van der Waals surface area (Å²) in [7, 11) is 4.82. The zero-order chi connectivity index (χ0) is 58.7. The van der Waals surface area contributed by atoms with E-state index in [2.05, 4.69) is 49.1 Å². The van der Waals surface area contributed by atoms with Crippen LogP contribution in [0.3, 0.4) is 0 Å². The third-order valence-corrected chi connectivity index (χ3v) is 13.6. The standard InChI is InChI=1S/C31H26FN3O3.C28H25F2N3O3.C6H6FN/c1-5-31(3,6-2)35-29(36)20-9-7-8-19(16-20)23-17-24-25(30(37)33-4)27(18-10-12-21(32)13-11-18)38-28(24)22-14-15-34-26(22)23;1-4-20-24(31-2)21(17-6-5-7-18(14-17)27(34)33-13-12-29)15-22-23(28(35)32-3)25(36-26(20)22)16-8-10-19(30)11-9-16;7-5-6-3-1-2-4-8-6/h1,7-17,34H,6H2,2-4H3,(H,33,37)(H,35,36);4-11,14-15,31H,1,12-13H2,2-3H3,(H,32,35)(H,33,34);1-4H,5H2. The minimum absolute atomic E-state index is 0.0753. The van der Waals surface area contributed by atoms with E-state index in [9.17, 15) is 36.7 Å². The van der Waals surface area contributed by atoms with Gasteiger partial charge in [-0.25, -0.2) is 17.6 Å². The Bertz CT molecular complexity index is 4030. The maximum Gasteiger partial charge on any atom is 0.255 e. The lowest BCUT2D eigenvalue weighted by Crippen LogP contribution is -2.44. The number of benzene rings is 6. The van der Waals surface area contributed by atoms with Gasteiger partial charge in [0.05, 0.1) is 33.6 Å². The minimum Gasteiger partial charge on any atom is -0.454 e. The summed E-state index contributed by atoms with van der Waals surface area (Å²) >= 11 is 0. The second-order valence-corrected chi connectivity index (χ2v) is 18.7. The van der Waals surface area contributed by atoms with Crippen LogP contribution in [0.4, 0.5) is 23.2 Å². The first-order valence-corrected chi connectivity index (χ1v) is 25.9. The molecule has 4 aromatic heterocycles. The van der Waals surface area contributed by atoms with Gasteiger partial charge in [-0.1, -0.05) is 55.8 Å². The number of hydrogen-bond acceptors (Lipinski definition) is 8. The molecule has 0 fully saturated rings. The highest BCUT2D eigenvalue weighted by Crippen LogP contribution is 2.44. The number of nitrogens with one attached hydrogen (secondary N) is 6. The Labute approximate surface area is 470 Å². The summed E-state index contributed by atoms with van der Waals surface area (Å²) in [5.74, 6) is 1.15. The van der Waals surface area contributed by atoms with Crippen molar-refractivity contribution in [1.82, 2.24) is 31.2 Å². The van der Waals surface area contributed by atoms with Crippen molar-refractivity contribution >= 4 is 68.2 Å². The number of fused-ring (bicyclic) bond motifs is 4. The third-order valence-electron chi connectivity index (χ3n) is 13.6. The molecule has 0 saturated heterocycles. The van der Waals surface area contributed by atoms with Crippen LogP contribution in [-0.2, 0) is 6.67 Å². The van der Waals surface area contributed by atoms with Crippen molar-refractivity contribution in [3.8, 4) is 57.2 Å². The average Bonchev–Trinajstić information content (AvgIpc) is 2.76. The number of carbonyl (C=O) groups is 4. The second-order valence-electron chi connectivity index (χ2n) is 18.7. The molecular weight excluding hydrogens is 1050 g/mol. The molecule has 17 heteroatoms. The molecular formula is C65H57F4N7O6. The van der Waals surface area contributed by atoms with Crippen molar-refractivity contribution in [1.29, 1.82) is 0 Å². The molecule has 0 aliphatic rings. The Balaban J connectivity index is 0.000000189. The lowest BCUT2D eigenvalue weighted by atomic mass is 9.94. The summed E-state index contributed by atoms with van der Waals surface area (Å²) < 4.78 is 63.9. The molecule has 4 heterocycles. The summed E-state index contributed by atoms with van der Waals surface area (Å²) in [4.78, 5) is 58.6. The molecule has 416 valence electrons. The first-order valence-electron chi connectivity index (χ1n) is 25.9. The number of aromatic amines is 1. The number of anilines is 1. The maximum absolute atomic E-state index is 13.6. The molecule has 0 saturated carbocycles. The SMILES string of the molecule is C#CC(C)(CC)NC(=O)c1cccc(-c2cc3c(C(=O)NC)c(-c4ccc(F)cc4)oc3c3cc[nH]c23)c1.C=Cc1c(NC)c(-c2cccc(C(=O)NCCF)c2)cc2c(C(=O)NC)c(-c3ccc(F)cc3)oc12.FCc1ccccn1. The van der Waals surface area contributed by atoms with Gasteiger partial charge < -0.3 is 40.4 Å². The number of terminal acetylenes is 1. The molecule has 0 aliphatic carbocycles. The van der Waals surface area contributed by atoms with E-state index in [1.165, 1.54) is 31.3 Å². The number of pyridine rings is 1. The van der Waals surface area contributed by atoms with Crippen LogP contribution in [0, 0.1) is 24.0 Å². The number of alkyl halides is 2. The van der Waals surface area contributed by atoms with Crippen LogP contribution in [0.2, 0.25) is 0 Å². The van der Waals surface area contributed by atoms with Gasteiger partial charge in [0, 0.05) is 95.2 Å². The number of furan rings is 2. The molecule has 10 aromatic rings. The van der Waals surface area contributed by atoms with E-state index in [-0.39, 0.29) is 30.1 Å². The lowest BCUT2D eigenvalue weighted by molar-refractivity contribution is 0.0920. The van der Waals surface area contributed by atoms with E-state index in [0.29, 0.717) is 101 Å². The highest BCUT2D eigenvalue weighted by molar-refractivity contribution is 6.20. The van der Waals surface area contributed by atoms with Gasteiger partial charge in [-0.2, -0.15) is 0 Å². The van der Waals surface area contributed by atoms with E-state index >= 15 is 0 Å². The van der Waals surface area contributed by atoms with E-state index in [4.69, 9.17) is 15.3 Å². The lowest BCUT2D eigenvalue weighted by Gasteiger charge is -2.23. The first-order chi connectivity index (χ1) is 39.6. The number of nitrogens with zero attached hydrogens (tertiary/aromatic N) is 1. The Hall–Kier alpha value is -10.2. The largest absolute Gasteiger partial charge is 0.454 e. The molecule has 0 aliphatic heterocycles. The molecule has 10 rings (SSSR count). The third kappa shape index (κ3) is 12.2. The van der Waals surface area contributed by atoms with Gasteiger partial charge >= 0.3 is 0 Å². The van der Waals surface area contributed by atoms with Crippen LogP contribution in [0.25, 0.3) is 83.8 Å². The molecule has 4 amide bonds. The average molecular weight is 1110 g/mol. The fraction of sp³-hybridized carbons (Fsp3) is 0.154. The number of halogens is 4. The normalized spacial score (nSPS) is 11.5. The van der Waals surface area contributed by atoms with Gasteiger partial charge in [0.25, 0.3) is 23.6 Å². The fourth-order valence-electron chi connectivity index (χ4n) is 9.21. The van der Waals surface area contributed by atoms with Crippen LogP contribution >= 0.6 is 0 Å². The van der Waals surface area contributed by atoms with E-state index in [1.807, 2.05) is 44.2 Å². The highest BCUT2D eigenvalue weighted by atomic mass is 19.1. The zero-order valence-corrected chi connectivity index (χ0v) is 45.5. The van der Waals surface area contributed by atoms with E-state index < -0.39 is 30.6 Å². The molecule has 0 radical (unpaired) electrons. The topological polar surface area (TPSA) is 183 Å². The zero-order valence-electron chi connectivity index (χ0n) is 45.5. The molecule has 1 unspecified atom stereocenters. The number of hydrogen-bond donors (Lipinski definition) is 6. The summed E-state index contributed by atoms with van der Waals surface area (Å²) in [6.07, 6.45) is 11.2. The molecule has 6 aromatic carbocycles. The first kappa shape index (κ1) is 58.0. The monoisotopic (exact) mass is 1110 g/mol. The molecule has 1 atom stereocenters. The molecule has 0 spiro atoms. The van der Waals surface area contributed by atoms with Crippen molar-refractivity contribution in [2.45, 2.75) is 32.5 Å². The number of amides is 4. The van der Waals surface area contributed by atoms with Crippen molar-refractivity contribution in [2.75, 3.05) is 39.7 Å². The van der Waals surface area contributed by atoms with E-state index in [1.54, 1.807) is 111 Å². The highest BCUT2D eigenvalue weighted by Gasteiger charge is 2.28. The van der Waals surface area contributed by atoms with E-state index in [0.717, 1.165) is 22.0 Å². The van der Waals surface area contributed by atoms with Crippen LogP contribution < -0.4 is 26.6 Å². The summed E-state index contributed by atoms with van der Waals surface area (Å²) in [5, 5.41) is 15.9. The summed E-state index contributed by atoms with van der Waals surface area (Å²) in [6.45, 7) is 6.47. The van der Waals surface area contributed by atoms with Gasteiger partial charge in [-0.15, -0.1) is 6.42 Å². The Morgan fingerprint density at radius 3 is 1.74 bits per heavy atom. The Kier molecular flexibility index (Phi) is 18.2. The maximum atomic E-state index is 13.6. The number of rotatable bonds is 15. The predicted octanol–water partition coefficient (Wildman–Crippen LogP) is 13.5. The Morgan fingerprint density at radius 1 is 0.683 bits per heavy atom. The van der Waals surface area contributed by atoms with Gasteiger partial charge in [0.15, 0.2) is 0 Å². The molecule has 0 bridgehead atoms. The number of H-pyrrole nitrogens is 1. The minimum atomic E-state index is -0.755. The van der Waals surface area contributed by atoms with Crippen molar-refractivity contribution in [3.05, 3.63) is 198 Å². The predicted molar refractivity (Wildman–Crippen MR) is 315 cm³/mol. The summed E-state index contributed by atoms with van der Waals surface area (Å²) in [6, 6.07) is 36.4. The smallest absolute Gasteiger partial charge is 0.255 e. The van der Waals surface area contributed by atoms with Crippen LogP contribution in [-0.4, -0.2) is 73.5 Å².